The summed E-state index contributed by atoms with van der Waals surface area (Å²) in [7, 11) is 0. The van der Waals surface area contributed by atoms with Crippen molar-refractivity contribution in [3.05, 3.63) is 23.8 Å². The van der Waals surface area contributed by atoms with Gasteiger partial charge < -0.3 is 24.8 Å². The van der Waals surface area contributed by atoms with Crippen LogP contribution in [-0.2, 0) is 25.5 Å². The third-order valence-electron chi connectivity index (χ3n) is 4.02. The van der Waals surface area contributed by atoms with Gasteiger partial charge in [0.25, 0.3) is 0 Å². The summed E-state index contributed by atoms with van der Waals surface area (Å²) < 4.78 is 16.0. The zero-order chi connectivity index (χ0) is 21.4. The molecule has 1 atom stereocenters. The number of nitrogens with one attached hydrogen (secondary N) is 2. The van der Waals surface area contributed by atoms with Crippen molar-refractivity contribution in [1.82, 2.24) is 5.32 Å². The van der Waals surface area contributed by atoms with Gasteiger partial charge in [-0.2, -0.15) is 0 Å². The van der Waals surface area contributed by atoms with E-state index in [1.54, 1.807) is 33.8 Å². The highest BCUT2D eigenvalue weighted by Gasteiger charge is 2.18. The van der Waals surface area contributed by atoms with Crippen LogP contribution >= 0.6 is 0 Å². The standard InChI is InChI=1S/C21H30N2O6/c1-14(22-20(26)29-21(2,3)4)13-28-19(25)6-5-11-27-16-8-9-17-15(12-16)7-10-18(24)23-17/h8-9,12,14H,5-7,10-11,13H2,1-4H3,(H,22,26)(H,23,24)/t14-/m1/s1. The second-order valence-corrected chi connectivity index (χ2v) is 8.05. The Balaban J connectivity index is 1.61. The maximum atomic E-state index is 11.8. The van der Waals surface area contributed by atoms with E-state index in [1.807, 2.05) is 12.1 Å². The van der Waals surface area contributed by atoms with Crippen LogP contribution in [0.2, 0.25) is 0 Å². The summed E-state index contributed by atoms with van der Waals surface area (Å²) in [5, 5.41) is 5.44. The molecule has 0 spiro atoms. The number of hydrogen-bond acceptors (Lipinski definition) is 6. The number of benzene rings is 1. The molecule has 1 aliphatic rings. The van der Waals surface area contributed by atoms with Crippen LogP contribution in [-0.4, -0.2) is 42.8 Å². The number of aryl methyl sites for hydroxylation is 1. The lowest BCUT2D eigenvalue weighted by Gasteiger charge is -2.21. The van der Waals surface area contributed by atoms with Gasteiger partial charge in [0.2, 0.25) is 5.91 Å². The molecular formula is C21H30N2O6. The van der Waals surface area contributed by atoms with E-state index in [9.17, 15) is 14.4 Å². The second-order valence-electron chi connectivity index (χ2n) is 8.05. The van der Waals surface area contributed by atoms with E-state index >= 15 is 0 Å². The van der Waals surface area contributed by atoms with E-state index in [0.29, 0.717) is 31.6 Å². The Morgan fingerprint density at radius 1 is 1.24 bits per heavy atom. The minimum absolute atomic E-state index is 0.0280. The number of rotatable bonds is 8. The maximum Gasteiger partial charge on any atom is 0.407 e. The largest absolute Gasteiger partial charge is 0.494 e. The number of fused-ring (bicyclic) bond motifs is 1. The van der Waals surface area contributed by atoms with Gasteiger partial charge in [-0.15, -0.1) is 0 Å². The van der Waals surface area contributed by atoms with Gasteiger partial charge in [0.1, 0.15) is 18.0 Å². The molecule has 0 aliphatic carbocycles. The molecule has 1 aromatic carbocycles. The monoisotopic (exact) mass is 406 g/mol. The molecule has 0 unspecified atom stereocenters. The Hall–Kier alpha value is -2.77. The summed E-state index contributed by atoms with van der Waals surface area (Å²) in [6, 6.07) is 5.19. The fraction of sp³-hybridized carbons (Fsp3) is 0.571. The first-order valence-corrected chi connectivity index (χ1v) is 9.83. The van der Waals surface area contributed by atoms with Crippen LogP contribution < -0.4 is 15.4 Å². The van der Waals surface area contributed by atoms with Crippen LogP contribution in [0.4, 0.5) is 10.5 Å². The molecule has 8 heteroatoms. The van der Waals surface area contributed by atoms with Crippen LogP contribution in [0.25, 0.3) is 0 Å². The van der Waals surface area contributed by atoms with Crippen LogP contribution in [0.5, 0.6) is 5.75 Å². The quantitative estimate of drug-likeness (QED) is 0.508. The average Bonchev–Trinajstić information content (AvgIpc) is 2.62. The zero-order valence-electron chi connectivity index (χ0n) is 17.5. The van der Waals surface area contributed by atoms with Crippen LogP contribution in [0.1, 0.15) is 52.5 Å². The summed E-state index contributed by atoms with van der Waals surface area (Å²) >= 11 is 0. The Morgan fingerprint density at radius 3 is 2.72 bits per heavy atom. The van der Waals surface area contributed by atoms with Gasteiger partial charge in [0.05, 0.1) is 12.6 Å². The minimum atomic E-state index is -0.577. The van der Waals surface area contributed by atoms with Gasteiger partial charge in [-0.1, -0.05) is 0 Å². The smallest absolute Gasteiger partial charge is 0.407 e. The van der Waals surface area contributed by atoms with Crippen molar-refractivity contribution in [3.63, 3.8) is 0 Å². The summed E-state index contributed by atoms with van der Waals surface area (Å²) in [5.74, 6) is 0.392. The Kier molecular flexibility index (Phi) is 7.87. The van der Waals surface area contributed by atoms with Crippen molar-refractivity contribution in [3.8, 4) is 5.75 Å². The summed E-state index contributed by atoms with van der Waals surface area (Å²) in [6.45, 7) is 7.53. The molecule has 0 radical (unpaired) electrons. The summed E-state index contributed by atoms with van der Waals surface area (Å²) in [6.07, 6.45) is 1.36. The molecule has 29 heavy (non-hydrogen) atoms. The number of anilines is 1. The third kappa shape index (κ3) is 8.41. The van der Waals surface area contributed by atoms with Crippen molar-refractivity contribution < 1.29 is 28.6 Å². The fourth-order valence-corrected chi connectivity index (χ4v) is 2.70. The Labute approximate surface area is 171 Å². The van der Waals surface area contributed by atoms with E-state index < -0.39 is 11.7 Å². The molecule has 8 nitrogen and oxygen atoms in total. The molecule has 1 heterocycles. The second kappa shape index (κ2) is 10.1. The molecule has 0 saturated carbocycles. The topological polar surface area (TPSA) is 103 Å². The highest BCUT2D eigenvalue weighted by atomic mass is 16.6. The number of amides is 2. The van der Waals surface area contributed by atoms with Crippen molar-refractivity contribution in [2.45, 2.75) is 65.0 Å². The first-order valence-electron chi connectivity index (χ1n) is 9.83. The molecule has 0 bridgehead atoms. The average molecular weight is 406 g/mol. The van der Waals surface area contributed by atoms with Crippen LogP contribution in [0.3, 0.4) is 0 Å². The summed E-state index contributed by atoms with van der Waals surface area (Å²) in [4.78, 5) is 34.9. The van der Waals surface area contributed by atoms with Gasteiger partial charge in [-0.3, -0.25) is 9.59 Å². The van der Waals surface area contributed by atoms with Crippen molar-refractivity contribution in [2.24, 2.45) is 0 Å². The summed E-state index contributed by atoms with van der Waals surface area (Å²) in [5.41, 5.74) is 1.30. The maximum absolute atomic E-state index is 11.8. The van der Waals surface area contributed by atoms with Gasteiger partial charge in [0.15, 0.2) is 0 Å². The number of hydrogen-bond donors (Lipinski definition) is 2. The molecule has 0 fully saturated rings. The van der Waals surface area contributed by atoms with Crippen molar-refractivity contribution in [2.75, 3.05) is 18.5 Å². The third-order valence-corrected chi connectivity index (χ3v) is 4.02. The molecule has 1 aliphatic heterocycles. The van der Waals surface area contributed by atoms with Gasteiger partial charge in [0, 0.05) is 18.5 Å². The SMILES string of the molecule is C[C@H](COC(=O)CCCOc1ccc2c(c1)CCC(=O)N2)NC(=O)OC(C)(C)C. The van der Waals surface area contributed by atoms with E-state index in [4.69, 9.17) is 14.2 Å². The van der Waals surface area contributed by atoms with E-state index in [2.05, 4.69) is 10.6 Å². The fourth-order valence-electron chi connectivity index (χ4n) is 2.70. The van der Waals surface area contributed by atoms with Gasteiger partial charge in [-0.25, -0.2) is 4.79 Å². The lowest BCUT2D eigenvalue weighted by Crippen LogP contribution is -2.40. The highest BCUT2D eigenvalue weighted by molar-refractivity contribution is 5.94. The van der Waals surface area contributed by atoms with Crippen LogP contribution in [0, 0.1) is 0 Å². The molecule has 1 aromatic rings. The molecule has 2 amide bonds. The number of carbonyl (C=O) groups is 3. The number of esters is 1. The molecule has 0 aromatic heterocycles. The van der Waals surface area contributed by atoms with E-state index in [1.165, 1.54) is 0 Å². The van der Waals surface area contributed by atoms with Crippen molar-refractivity contribution >= 4 is 23.7 Å². The molecule has 2 N–H and O–H groups in total. The lowest BCUT2D eigenvalue weighted by molar-refractivity contribution is -0.144. The predicted molar refractivity (Wildman–Crippen MR) is 108 cm³/mol. The number of alkyl carbamates (subject to hydrolysis) is 1. The zero-order valence-corrected chi connectivity index (χ0v) is 17.5. The minimum Gasteiger partial charge on any atom is -0.494 e. The first kappa shape index (κ1) is 22.5. The van der Waals surface area contributed by atoms with E-state index in [0.717, 1.165) is 11.3 Å². The lowest BCUT2D eigenvalue weighted by atomic mass is 10.0. The van der Waals surface area contributed by atoms with Gasteiger partial charge in [-0.05, 0) is 64.3 Å². The van der Waals surface area contributed by atoms with Crippen molar-refractivity contribution in [1.29, 1.82) is 0 Å². The van der Waals surface area contributed by atoms with Crippen LogP contribution in [0.15, 0.2) is 18.2 Å². The molecule has 0 saturated heterocycles. The Morgan fingerprint density at radius 2 is 2.00 bits per heavy atom. The Bertz CT molecular complexity index is 741. The highest BCUT2D eigenvalue weighted by Crippen LogP contribution is 2.26. The molecule has 2 rings (SSSR count). The van der Waals surface area contributed by atoms with Gasteiger partial charge >= 0.3 is 12.1 Å². The predicted octanol–water partition coefficient (Wildman–Crippen LogP) is 3.19. The molecular weight excluding hydrogens is 376 g/mol. The molecule has 160 valence electrons. The number of carbonyl (C=O) groups excluding carboxylic acids is 3. The number of ether oxygens (including phenoxy) is 3. The van der Waals surface area contributed by atoms with E-state index in [-0.39, 0.29) is 30.9 Å². The first-order chi connectivity index (χ1) is 13.6. The normalized spacial score (nSPS) is 14.3.